The van der Waals surface area contributed by atoms with Crippen LogP contribution in [0.3, 0.4) is 0 Å². The van der Waals surface area contributed by atoms with Crippen LogP contribution < -0.4 is 14.9 Å². The van der Waals surface area contributed by atoms with E-state index >= 15 is 0 Å². The maximum absolute atomic E-state index is 14.4. The molecule has 5 aromatic carbocycles. The molecule has 2 fully saturated rings. The fourth-order valence-electron chi connectivity index (χ4n) is 8.96. The normalized spacial score (nSPS) is 17.3. The Labute approximate surface area is 418 Å². The Balaban J connectivity index is 1.04. The summed E-state index contributed by atoms with van der Waals surface area (Å²) in [6, 6.07) is 32.8. The summed E-state index contributed by atoms with van der Waals surface area (Å²) < 4.78 is 105. The van der Waals surface area contributed by atoms with Crippen LogP contribution in [0.5, 0.6) is 0 Å². The molecule has 0 bridgehead atoms. The molecule has 12 nitrogen and oxygen atoms in total. The van der Waals surface area contributed by atoms with Gasteiger partial charge in [-0.25, -0.2) is 21.6 Å². The largest absolute Gasteiger partial charge is 0.501 e. The third-order valence-electron chi connectivity index (χ3n) is 13.0. The number of halogens is 4. The van der Waals surface area contributed by atoms with Crippen molar-refractivity contribution >= 4 is 60.5 Å². The Morgan fingerprint density at radius 1 is 0.886 bits per heavy atom. The van der Waals surface area contributed by atoms with E-state index in [9.17, 15) is 39.9 Å². The number of likely N-dealkylation sites (N-methyl/N-ethyl adjacent to an activating group) is 1. The number of amides is 1. The van der Waals surface area contributed by atoms with E-state index in [0.717, 1.165) is 59.0 Å². The molecular weight excluding hydrogens is 983 g/mol. The van der Waals surface area contributed by atoms with Gasteiger partial charge in [0.25, 0.3) is 25.8 Å². The number of morpholine rings is 1. The van der Waals surface area contributed by atoms with Crippen LogP contribution in [-0.2, 0) is 24.6 Å². The molecule has 5 aromatic rings. The summed E-state index contributed by atoms with van der Waals surface area (Å²) in [4.78, 5) is 18.9. The molecule has 2 aliphatic heterocycles. The number of rotatable bonds is 20. The Hall–Kier alpha value is -4.66. The number of sulfone groups is 1. The van der Waals surface area contributed by atoms with Crippen LogP contribution in [-0.4, -0.2) is 120 Å². The number of alkyl halides is 3. The zero-order valence-electron chi connectivity index (χ0n) is 39.0. The van der Waals surface area contributed by atoms with Crippen molar-refractivity contribution in [2.45, 2.75) is 71.5 Å². The number of thioether (sulfide) groups is 1. The molecule has 2 heterocycles. The Morgan fingerprint density at radius 2 is 1.56 bits per heavy atom. The molecule has 7 rings (SSSR count). The zero-order valence-corrected chi connectivity index (χ0v) is 42.2. The summed E-state index contributed by atoms with van der Waals surface area (Å²) in [7, 11) is -11.0. The first-order valence-corrected chi connectivity index (χ1v) is 27.7. The maximum atomic E-state index is 14.4. The quantitative estimate of drug-likeness (QED) is 0.0638. The lowest BCUT2D eigenvalue weighted by Crippen LogP contribution is -2.52. The van der Waals surface area contributed by atoms with Crippen LogP contribution in [0.1, 0.15) is 55.1 Å². The van der Waals surface area contributed by atoms with Crippen LogP contribution in [0.4, 0.5) is 24.5 Å². The van der Waals surface area contributed by atoms with Crippen LogP contribution in [0.25, 0.3) is 11.1 Å². The first-order chi connectivity index (χ1) is 33.5. The number of hydrogen-bond donors (Lipinski definition) is 3. The third kappa shape index (κ3) is 13.2. The van der Waals surface area contributed by atoms with Crippen molar-refractivity contribution in [3.63, 3.8) is 0 Å². The molecule has 376 valence electrons. The lowest BCUT2D eigenvalue weighted by Gasteiger charge is -2.39. The number of aliphatic hydroxyl groups is 1. The smallest absolute Gasteiger partial charge is 0.388 e. The van der Waals surface area contributed by atoms with Gasteiger partial charge >= 0.3 is 5.51 Å². The number of hydrogen-bond acceptors (Lipinski definition) is 12. The van der Waals surface area contributed by atoms with Crippen molar-refractivity contribution in [3.8, 4) is 11.1 Å². The van der Waals surface area contributed by atoms with E-state index in [0.29, 0.717) is 75.5 Å². The highest BCUT2D eigenvalue weighted by Gasteiger charge is 2.48. The van der Waals surface area contributed by atoms with Gasteiger partial charge in [0.1, 0.15) is 4.90 Å². The van der Waals surface area contributed by atoms with Gasteiger partial charge in [-0.1, -0.05) is 80.0 Å². The van der Waals surface area contributed by atoms with Gasteiger partial charge in [0.2, 0.25) is 0 Å². The van der Waals surface area contributed by atoms with E-state index in [1.807, 2.05) is 83.6 Å². The topological polar surface area (TPSA) is 149 Å². The summed E-state index contributed by atoms with van der Waals surface area (Å²) in [5, 5.41) is 15.2. The van der Waals surface area contributed by atoms with E-state index in [2.05, 4.69) is 33.9 Å². The number of anilines is 2. The van der Waals surface area contributed by atoms with E-state index < -0.39 is 58.9 Å². The highest BCUT2D eigenvalue weighted by atomic mass is 35.5. The predicted octanol–water partition coefficient (Wildman–Crippen LogP) is 9.37. The number of ether oxygens (including phenoxy) is 1. The van der Waals surface area contributed by atoms with Gasteiger partial charge < -0.3 is 25.0 Å². The maximum Gasteiger partial charge on any atom is 0.501 e. The fourth-order valence-corrected chi connectivity index (χ4v) is 12.1. The number of benzene rings is 5. The molecule has 0 saturated carbocycles. The number of carbonyl (C=O) groups is 1. The minimum absolute atomic E-state index is 0.0207. The van der Waals surface area contributed by atoms with Crippen LogP contribution in [0.2, 0.25) is 5.02 Å². The summed E-state index contributed by atoms with van der Waals surface area (Å²) >= 11 is 7.56. The van der Waals surface area contributed by atoms with Gasteiger partial charge in [0.15, 0.2) is 0 Å². The third-order valence-corrected chi connectivity index (χ3v) is 17.3. The van der Waals surface area contributed by atoms with Gasteiger partial charge in [-0.2, -0.15) is 13.2 Å². The van der Waals surface area contributed by atoms with Gasteiger partial charge in [-0.3, -0.25) is 9.69 Å². The predicted molar refractivity (Wildman–Crippen MR) is 271 cm³/mol. The van der Waals surface area contributed by atoms with Gasteiger partial charge in [-0.05, 0) is 122 Å². The van der Waals surface area contributed by atoms with Crippen molar-refractivity contribution < 1.29 is 44.6 Å². The second-order valence-corrected chi connectivity index (χ2v) is 22.6. The molecular formula is C51H59ClF3N5O7S3. The summed E-state index contributed by atoms with van der Waals surface area (Å²) in [6.45, 7) is 10.1. The Morgan fingerprint density at radius 3 is 2.23 bits per heavy atom. The van der Waals surface area contributed by atoms with Gasteiger partial charge in [-0.15, -0.1) is 11.8 Å². The molecule has 2 aliphatic rings. The van der Waals surface area contributed by atoms with Gasteiger partial charge in [0.05, 0.1) is 29.9 Å². The highest BCUT2D eigenvalue weighted by Crippen LogP contribution is 2.39. The molecule has 2 saturated heterocycles. The summed E-state index contributed by atoms with van der Waals surface area (Å²) in [5.41, 5.74) is -2.75. The number of nitrogens with zero attached hydrogens (tertiary/aromatic N) is 3. The van der Waals surface area contributed by atoms with Crippen molar-refractivity contribution in [2.75, 3.05) is 75.0 Å². The number of sulfonamides is 1. The van der Waals surface area contributed by atoms with Crippen LogP contribution >= 0.6 is 23.4 Å². The molecule has 1 amide bonds. The van der Waals surface area contributed by atoms with Crippen molar-refractivity contribution in [1.82, 2.24) is 14.5 Å². The molecule has 0 radical (unpaired) electrons. The van der Waals surface area contributed by atoms with Crippen molar-refractivity contribution in [2.24, 2.45) is 5.92 Å². The number of piperidine rings is 1. The Bertz CT molecular complexity index is 2750. The minimum Gasteiger partial charge on any atom is -0.388 e. The first-order valence-electron chi connectivity index (χ1n) is 23.4. The second-order valence-electron chi connectivity index (χ2n) is 17.5. The molecule has 0 unspecified atom stereocenters. The SMILES string of the molecule is CCN(CC)C[C@H]1COCCN1CC[C@H](CSc1ccccc1)Nc1ccc(S(=O)(=O)NC(=O)c2ccc(N3CCC([C@H](O)c4ccccc4-c4ccc(Cl)cc4)CC3)cc2)cc1S(=O)(=O)C(F)(F)F. The standard InChI is InChI=1S/C51H59ClF3N5O7S3/c1-3-58(4-2)33-42-34-67-31-30-60(42)29-26-40(35-68-43-10-6-5-7-11-43)56-47-23-22-44(32-48(47)69(63,64)51(53,54)55)70(65,66)57-50(62)38-16-20-41(21-17-38)59-27-24-37(25-28-59)49(61)46-13-9-8-12-45(46)36-14-18-39(52)19-15-36/h5-23,32,37,40,42,49,56,61H,3-4,24-31,33-35H2,1-2H3,(H,57,62)/t40-,42+,49+/m1/s1. The molecule has 3 N–H and O–H groups in total. The van der Waals surface area contributed by atoms with Crippen molar-refractivity contribution in [1.29, 1.82) is 0 Å². The molecule has 19 heteroatoms. The monoisotopic (exact) mass is 1040 g/mol. The molecule has 0 aromatic heterocycles. The van der Waals surface area contributed by atoms with Crippen LogP contribution in [0.15, 0.2) is 136 Å². The minimum atomic E-state index is -6.10. The number of aliphatic hydroxyl groups excluding tert-OH is 1. The zero-order chi connectivity index (χ0) is 50.1. The number of carbonyl (C=O) groups excluding carboxylic acids is 1. The Kier molecular flexibility index (Phi) is 18.0. The second kappa shape index (κ2) is 23.7. The van der Waals surface area contributed by atoms with Crippen molar-refractivity contribution in [3.05, 3.63) is 137 Å². The molecule has 3 atom stereocenters. The average molecular weight is 1040 g/mol. The lowest BCUT2D eigenvalue weighted by atomic mass is 9.84. The van der Waals surface area contributed by atoms with E-state index in [-0.39, 0.29) is 17.5 Å². The molecule has 70 heavy (non-hydrogen) atoms. The number of nitrogens with one attached hydrogen (secondary N) is 2. The van der Waals surface area contributed by atoms with E-state index in [4.69, 9.17) is 16.3 Å². The van der Waals surface area contributed by atoms with Crippen LogP contribution in [0, 0.1) is 5.92 Å². The van der Waals surface area contributed by atoms with Gasteiger partial charge in [0, 0.05) is 71.7 Å². The lowest BCUT2D eigenvalue weighted by molar-refractivity contribution is -0.0435. The molecule has 0 aliphatic carbocycles. The average Bonchev–Trinajstić information content (AvgIpc) is 3.36. The summed E-state index contributed by atoms with van der Waals surface area (Å²) in [5.74, 6) is -0.735. The summed E-state index contributed by atoms with van der Waals surface area (Å²) in [6.07, 6.45) is 1.06. The van der Waals surface area contributed by atoms with E-state index in [1.165, 1.54) is 23.9 Å². The van der Waals surface area contributed by atoms with E-state index in [1.54, 1.807) is 12.1 Å². The fraction of sp³-hybridized carbons (Fsp3) is 0.392. The highest BCUT2D eigenvalue weighted by molar-refractivity contribution is 7.99. The molecule has 0 spiro atoms. The first kappa shape index (κ1) is 53.1.